The van der Waals surface area contributed by atoms with Crippen LogP contribution < -0.4 is 4.74 Å². The van der Waals surface area contributed by atoms with Crippen LogP contribution in [0.1, 0.15) is 0 Å². The summed E-state index contributed by atoms with van der Waals surface area (Å²) in [7, 11) is 0. The summed E-state index contributed by atoms with van der Waals surface area (Å²) in [5.41, 5.74) is 2.85. The van der Waals surface area contributed by atoms with Crippen LogP contribution in [0, 0.1) is 0 Å². The molecule has 1 aliphatic rings. The molecule has 0 bridgehead atoms. The first kappa shape index (κ1) is 11.9. The van der Waals surface area contributed by atoms with E-state index in [1.807, 2.05) is 24.3 Å². The SMILES string of the molecule is C=CC1=C(C=C)n2c3ccc(O)cc3c3cccc(c32)O1. The fourth-order valence-electron chi connectivity index (χ4n) is 2.98. The second-order valence-corrected chi connectivity index (χ2v) is 4.95. The van der Waals surface area contributed by atoms with Gasteiger partial charge in [-0.15, -0.1) is 0 Å². The third-order valence-corrected chi connectivity index (χ3v) is 3.83. The molecule has 0 saturated heterocycles. The average Bonchev–Trinajstić information content (AvgIpc) is 2.83. The third-order valence-electron chi connectivity index (χ3n) is 3.83. The van der Waals surface area contributed by atoms with Crippen molar-refractivity contribution in [1.29, 1.82) is 0 Å². The van der Waals surface area contributed by atoms with Crippen LogP contribution in [0.5, 0.6) is 11.5 Å². The fourth-order valence-corrected chi connectivity index (χ4v) is 2.98. The maximum absolute atomic E-state index is 9.79. The number of rotatable bonds is 2. The van der Waals surface area contributed by atoms with Crippen molar-refractivity contribution in [3.63, 3.8) is 0 Å². The molecular weight excluding hydrogens is 262 g/mol. The molecule has 0 amide bonds. The maximum Gasteiger partial charge on any atom is 0.152 e. The van der Waals surface area contributed by atoms with Crippen LogP contribution >= 0.6 is 0 Å². The Morgan fingerprint density at radius 2 is 1.90 bits per heavy atom. The molecule has 0 aliphatic carbocycles. The van der Waals surface area contributed by atoms with Gasteiger partial charge in [-0.25, -0.2) is 0 Å². The quantitative estimate of drug-likeness (QED) is 0.750. The minimum Gasteiger partial charge on any atom is -0.508 e. The molecule has 0 fully saturated rings. The van der Waals surface area contributed by atoms with Crippen LogP contribution in [0.25, 0.3) is 27.5 Å². The molecule has 0 unspecified atom stereocenters. The Morgan fingerprint density at radius 1 is 1.05 bits per heavy atom. The average molecular weight is 275 g/mol. The van der Waals surface area contributed by atoms with Crippen molar-refractivity contribution in [2.75, 3.05) is 0 Å². The first-order chi connectivity index (χ1) is 10.2. The van der Waals surface area contributed by atoms with E-state index >= 15 is 0 Å². The molecular formula is C18H13NO2. The van der Waals surface area contributed by atoms with Crippen LogP contribution in [0.3, 0.4) is 0 Å². The van der Waals surface area contributed by atoms with Crippen LogP contribution in [0.2, 0.25) is 0 Å². The number of aromatic hydroxyl groups is 1. The van der Waals surface area contributed by atoms with Crippen LogP contribution in [0.15, 0.2) is 67.5 Å². The molecule has 102 valence electrons. The van der Waals surface area contributed by atoms with Gasteiger partial charge < -0.3 is 14.4 Å². The van der Waals surface area contributed by atoms with Crippen LogP contribution in [-0.2, 0) is 0 Å². The monoisotopic (exact) mass is 275 g/mol. The van der Waals surface area contributed by atoms with Gasteiger partial charge in [0.15, 0.2) is 11.5 Å². The summed E-state index contributed by atoms with van der Waals surface area (Å²) in [6.07, 6.45) is 3.45. The zero-order valence-electron chi connectivity index (χ0n) is 11.3. The molecule has 3 aromatic rings. The van der Waals surface area contributed by atoms with Crippen molar-refractivity contribution in [3.05, 3.63) is 67.5 Å². The van der Waals surface area contributed by atoms with Crippen LogP contribution in [0.4, 0.5) is 0 Å². The number of aromatic nitrogens is 1. The standard InChI is InChI=1S/C18H13NO2/c1-3-14-16(4-2)21-17-7-5-6-12-13-10-11(20)8-9-15(13)19(14)18(12)17/h3-10,20H,1-2H2. The molecule has 3 nitrogen and oxygen atoms in total. The Bertz CT molecular complexity index is 960. The number of hydrogen-bond acceptors (Lipinski definition) is 2. The van der Waals surface area contributed by atoms with Gasteiger partial charge >= 0.3 is 0 Å². The van der Waals surface area contributed by atoms with Crippen molar-refractivity contribution < 1.29 is 9.84 Å². The Kier molecular flexibility index (Phi) is 2.27. The summed E-state index contributed by atoms with van der Waals surface area (Å²) < 4.78 is 8.03. The van der Waals surface area contributed by atoms with Gasteiger partial charge in [-0.1, -0.05) is 25.3 Å². The van der Waals surface area contributed by atoms with Crippen molar-refractivity contribution in [2.24, 2.45) is 0 Å². The van der Waals surface area contributed by atoms with E-state index in [1.54, 1.807) is 24.3 Å². The van der Waals surface area contributed by atoms with Crippen molar-refractivity contribution in [3.8, 4) is 11.5 Å². The second-order valence-electron chi connectivity index (χ2n) is 4.95. The largest absolute Gasteiger partial charge is 0.508 e. The van der Waals surface area contributed by atoms with Gasteiger partial charge in [0, 0.05) is 10.8 Å². The minimum atomic E-state index is 0.250. The van der Waals surface area contributed by atoms with Gasteiger partial charge in [-0.2, -0.15) is 0 Å². The molecule has 0 radical (unpaired) electrons. The van der Waals surface area contributed by atoms with Crippen LogP contribution in [-0.4, -0.2) is 9.67 Å². The number of nitrogens with zero attached hydrogens (tertiary/aromatic N) is 1. The molecule has 0 atom stereocenters. The summed E-state index contributed by atoms with van der Waals surface area (Å²) in [5.74, 6) is 1.71. The molecule has 1 aromatic heterocycles. The maximum atomic E-state index is 9.79. The lowest BCUT2D eigenvalue weighted by molar-refractivity contribution is 0.443. The molecule has 2 aromatic carbocycles. The van der Waals surface area contributed by atoms with Crippen molar-refractivity contribution in [1.82, 2.24) is 4.57 Å². The van der Waals surface area contributed by atoms with Crippen molar-refractivity contribution >= 4 is 27.5 Å². The van der Waals surface area contributed by atoms with Gasteiger partial charge in [-0.05, 0) is 36.4 Å². The van der Waals surface area contributed by atoms with Gasteiger partial charge in [0.1, 0.15) is 5.75 Å². The molecule has 4 rings (SSSR count). The number of ether oxygens (including phenoxy) is 1. The summed E-state index contributed by atoms with van der Waals surface area (Å²) in [4.78, 5) is 0. The van der Waals surface area contributed by atoms with Gasteiger partial charge in [0.05, 0.1) is 16.7 Å². The first-order valence-electron chi connectivity index (χ1n) is 6.68. The highest BCUT2D eigenvalue weighted by Gasteiger charge is 2.23. The second kappa shape index (κ2) is 4.03. The number of fused-ring (bicyclic) bond motifs is 3. The number of phenols is 1. The number of allylic oxidation sites excluding steroid dienone is 3. The van der Waals surface area contributed by atoms with E-state index in [9.17, 15) is 5.11 Å². The zero-order chi connectivity index (χ0) is 14.6. The molecule has 21 heavy (non-hydrogen) atoms. The lowest BCUT2D eigenvalue weighted by atomic mass is 10.1. The Balaban J connectivity index is 2.30. The lowest BCUT2D eigenvalue weighted by Gasteiger charge is -2.20. The van der Waals surface area contributed by atoms with E-state index in [2.05, 4.69) is 17.7 Å². The highest BCUT2D eigenvalue weighted by molar-refractivity contribution is 6.13. The molecule has 1 N–H and O–H groups in total. The highest BCUT2D eigenvalue weighted by Crippen LogP contribution is 2.42. The van der Waals surface area contributed by atoms with E-state index in [1.165, 1.54) is 0 Å². The van der Waals surface area contributed by atoms with Gasteiger partial charge in [0.25, 0.3) is 0 Å². The third kappa shape index (κ3) is 1.43. The molecule has 3 heteroatoms. The lowest BCUT2D eigenvalue weighted by Crippen LogP contribution is -2.08. The predicted octanol–water partition coefficient (Wildman–Crippen LogP) is 4.43. The Labute approximate surface area is 121 Å². The minimum absolute atomic E-state index is 0.250. The molecule has 0 spiro atoms. The summed E-state index contributed by atoms with van der Waals surface area (Å²) >= 11 is 0. The predicted molar refractivity (Wildman–Crippen MR) is 85.3 cm³/mol. The van der Waals surface area contributed by atoms with E-state index in [0.717, 1.165) is 33.3 Å². The van der Waals surface area contributed by atoms with Gasteiger partial charge in [-0.3, -0.25) is 0 Å². The topological polar surface area (TPSA) is 34.4 Å². The molecule has 1 aliphatic heterocycles. The van der Waals surface area contributed by atoms with E-state index in [0.29, 0.717) is 5.76 Å². The Hall–Kier alpha value is -2.94. The number of hydrogen-bond donors (Lipinski definition) is 1. The highest BCUT2D eigenvalue weighted by atomic mass is 16.5. The fraction of sp³-hybridized carbons (Fsp3) is 0. The normalized spacial score (nSPS) is 13.5. The van der Waals surface area contributed by atoms with E-state index < -0.39 is 0 Å². The number of phenolic OH excluding ortho intramolecular Hbond substituents is 1. The molecule has 2 heterocycles. The summed E-state index contributed by atoms with van der Waals surface area (Å²) in [6, 6.07) is 11.3. The van der Waals surface area contributed by atoms with Gasteiger partial charge in [0.2, 0.25) is 0 Å². The first-order valence-corrected chi connectivity index (χ1v) is 6.68. The van der Waals surface area contributed by atoms with E-state index in [-0.39, 0.29) is 5.75 Å². The zero-order valence-corrected chi connectivity index (χ0v) is 11.3. The molecule has 0 saturated carbocycles. The summed E-state index contributed by atoms with van der Waals surface area (Å²) in [6.45, 7) is 7.70. The Morgan fingerprint density at radius 3 is 2.67 bits per heavy atom. The van der Waals surface area contributed by atoms with Crippen molar-refractivity contribution in [2.45, 2.75) is 0 Å². The number of benzene rings is 2. The summed E-state index contributed by atoms with van der Waals surface area (Å²) in [5, 5.41) is 11.8. The number of para-hydroxylation sites is 1. The van der Waals surface area contributed by atoms with E-state index in [4.69, 9.17) is 4.74 Å². The smallest absolute Gasteiger partial charge is 0.152 e.